The number of amides is 1. The number of nitrogens with zero attached hydrogens (tertiary/aromatic N) is 2. The van der Waals surface area contributed by atoms with Crippen LogP contribution in [0.15, 0.2) is 36.4 Å². The average Bonchev–Trinajstić information content (AvgIpc) is 2.80. The van der Waals surface area contributed by atoms with Crippen LogP contribution in [0.4, 0.5) is 11.4 Å². The van der Waals surface area contributed by atoms with Gasteiger partial charge in [-0.3, -0.25) is 9.69 Å². The molecule has 0 radical (unpaired) electrons. The van der Waals surface area contributed by atoms with Crippen molar-refractivity contribution in [1.82, 2.24) is 4.90 Å². The number of rotatable bonds is 6. The van der Waals surface area contributed by atoms with E-state index in [-0.39, 0.29) is 17.9 Å². The highest BCUT2D eigenvalue weighted by atomic mass is 35.5. The summed E-state index contributed by atoms with van der Waals surface area (Å²) in [5.41, 5.74) is 9.88. The van der Waals surface area contributed by atoms with Crippen LogP contribution < -0.4 is 16.0 Å². The maximum absolute atomic E-state index is 11.7. The number of nitrogens with two attached hydrogens (primary N) is 1. The Balaban J connectivity index is 1.44. The quantitative estimate of drug-likeness (QED) is 0.506. The molecule has 2 aliphatic rings. The molecule has 1 unspecified atom stereocenters. The Kier molecular flexibility index (Phi) is 7.96. The summed E-state index contributed by atoms with van der Waals surface area (Å²) in [5, 5.41) is 5.02. The summed E-state index contributed by atoms with van der Waals surface area (Å²) in [7, 11) is 0. The molecule has 1 heterocycles. The zero-order valence-electron chi connectivity index (χ0n) is 20.4. The van der Waals surface area contributed by atoms with Gasteiger partial charge in [-0.05, 0) is 75.4 Å². The zero-order chi connectivity index (χ0) is 24.4. The van der Waals surface area contributed by atoms with Crippen LogP contribution in [-0.4, -0.2) is 42.5 Å². The van der Waals surface area contributed by atoms with Gasteiger partial charge in [0.2, 0.25) is 5.91 Å². The molecule has 1 saturated heterocycles. The Morgan fingerprint density at radius 2 is 1.91 bits per heavy atom. The number of aryl methyl sites for hydroxylation is 1. The topological polar surface area (TPSA) is 61.6 Å². The lowest BCUT2D eigenvalue weighted by Crippen LogP contribution is -2.56. The Bertz CT molecular complexity index is 1030. The molecule has 3 N–H and O–H groups in total. The van der Waals surface area contributed by atoms with Crippen LogP contribution in [0.5, 0.6) is 0 Å². The van der Waals surface area contributed by atoms with E-state index in [9.17, 15) is 4.79 Å². The third-order valence-electron chi connectivity index (χ3n) is 7.50. The molecule has 1 amide bonds. The number of hydrogen-bond acceptors (Lipinski definition) is 4. The Labute approximate surface area is 213 Å². The van der Waals surface area contributed by atoms with Gasteiger partial charge in [-0.25, -0.2) is 0 Å². The molecule has 7 heteroatoms. The van der Waals surface area contributed by atoms with Gasteiger partial charge >= 0.3 is 0 Å². The van der Waals surface area contributed by atoms with Gasteiger partial charge in [0.05, 0.1) is 16.8 Å². The molecule has 4 rings (SSSR count). The third-order valence-corrected chi connectivity index (χ3v) is 8.16. The lowest BCUT2D eigenvalue weighted by atomic mass is 9.84. The Morgan fingerprint density at radius 3 is 2.62 bits per heavy atom. The number of carbonyl (C=O) groups excluding carboxylic acids is 1. The van der Waals surface area contributed by atoms with E-state index in [1.165, 1.54) is 5.69 Å². The number of piperazine rings is 1. The van der Waals surface area contributed by atoms with Gasteiger partial charge in [0.25, 0.3) is 0 Å². The molecule has 184 valence electrons. The fraction of sp³-hybridized carbons (Fsp3) is 0.519. The number of benzene rings is 2. The number of hydrogen-bond donors (Lipinski definition) is 2. The highest BCUT2D eigenvalue weighted by molar-refractivity contribution is 6.33. The predicted octanol–water partition coefficient (Wildman–Crippen LogP) is 6.03. The summed E-state index contributed by atoms with van der Waals surface area (Å²) in [6.07, 6.45) is 4.08. The van der Waals surface area contributed by atoms with Crippen molar-refractivity contribution >= 4 is 40.5 Å². The SMILES string of the molecule is Cc1ccc(C(C)Nc2cc(N3CCN([C@H]4CCC[C@H](C(N)=O)C4)C[C@@H]3C)ccc2Cl)c(Cl)c1. The molecule has 4 atom stereocenters. The molecule has 0 bridgehead atoms. The molecule has 1 saturated carbocycles. The molecule has 2 aromatic rings. The van der Waals surface area contributed by atoms with E-state index >= 15 is 0 Å². The third kappa shape index (κ3) is 5.64. The number of anilines is 2. The molecule has 34 heavy (non-hydrogen) atoms. The van der Waals surface area contributed by atoms with E-state index in [0.717, 1.165) is 67.2 Å². The maximum atomic E-state index is 11.7. The average molecular weight is 504 g/mol. The second-order valence-corrected chi connectivity index (χ2v) is 10.8. The molecule has 2 fully saturated rings. The summed E-state index contributed by atoms with van der Waals surface area (Å²) in [6, 6.07) is 13.2. The fourth-order valence-corrected chi connectivity index (χ4v) is 6.12. The van der Waals surface area contributed by atoms with E-state index in [1.54, 1.807) is 0 Å². The number of carbonyl (C=O) groups is 1. The van der Waals surface area contributed by atoms with Crippen LogP contribution in [0, 0.1) is 12.8 Å². The van der Waals surface area contributed by atoms with E-state index < -0.39 is 0 Å². The van der Waals surface area contributed by atoms with Crippen molar-refractivity contribution in [1.29, 1.82) is 0 Å². The molecular weight excluding hydrogens is 467 g/mol. The molecule has 5 nitrogen and oxygen atoms in total. The van der Waals surface area contributed by atoms with Crippen molar-refractivity contribution in [3.8, 4) is 0 Å². The second-order valence-electron chi connectivity index (χ2n) is 10.0. The highest BCUT2D eigenvalue weighted by Gasteiger charge is 2.33. The Hall–Kier alpha value is -1.95. The van der Waals surface area contributed by atoms with Crippen LogP contribution in [0.3, 0.4) is 0 Å². The minimum atomic E-state index is -0.140. The molecule has 0 aromatic heterocycles. The predicted molar refractivity (Wildman–Crippen MR) is 143 cm³/mol. The lowest BCUT2D eigenvalue weighted by Gasteiger charge is -2.46. The van der Waals surface area contributed by atoms with E-state index in [2.05, 4.69) is 53.2 Å². The van der Waals surface area contributed by atoms with Crippen molar-refractivity contribution in [2.45, 2.75) is 64.6 Å². The second kappa shape index (κ2) is 10.8. The van der Waals surface area contributed by atoms with Gasteiger partial charge in [-0.1, -0.05) is 41.8 Å². The molecular formula is C27H36Cl2N4O. The lowest BCUT2D eigenvalue weighted by molar-refractivity contribution is -0.123. The minimum Gasteiger partial charge on any atom is -0.377 e. The highest BCUT2D eigenvalue weighted by Crippen LogP contribution is 2.35. The first kappa shape index (κ1) is 25.2. The first-order valence-electron chi connectivity index (χ1n) is 12.3. The first-order chi connectivity index (χ1) is 16.2. The van der Waals surface area contributed by atoms with E-state index in [1.807, 2.05) is 19.1 Å². The standard InChI is InChI=1S/C27H36Cl2N4O/c1-17-7-9-23(25(29)13-17)19(3)31-26-15-22(8-10-24(26)28)33-12-11-32(16-18(33)2)21-6-4-5-20(14-21)27(30)34/h7-10,13,15,18-21,31H,4-6,11-12,14,16H2,1-3H3,(H2,30,34)/t18-,19?,20-,21-/m0/s1. The molecule has 0 spiro atoms. The summed E-state index contributed by atoms with van der Waals surface area (Å²) in [4.78, 5) is 16.7. The smallest absolute Gasteiger partial charge is 0.220 e. The van der Waals surface area contributed by atoms with Crippen LogP contribution in [0.2, 0.25) is 10.0 Å². The van der Waals surface area contributed by atoms with Gasteiger partial charge in [0, 0.05) is 48.3 Å². The van der Waals surface area contributed by atoms with Crippen molar-refractivity contribution in [2.24, 2.45) is 11.7 Å². The summed E-state index contributed by atoms with van der Waals surface area (Å²) < 4.78 is 0. The molecule has 2 aromatic carbocycles. The van der Waals surface area contributed by atoms with Crippen molar-refractivity contribution < 1.29 is 4.79 Å². The van der Waals surface area contributed by atoms with Crippen molar-refractivity contribution in [3.63, 3.8) is 0 Å². The number of halogens is 2. The van der Waals surface area contributed by atoms with Crippen LogP contribution in [0.25, 0.3) is 0 Å². The van der Waals surface area contributed by atoms with E-state index in [4.69, 9.17) is 28.9 Å². The monoisotopic (exact) mass is 502 g/mol. The van der Waals surface area contributed by atoms with Crippen molar-refractivity contribution in [2.75, 3.05) is 29.9 Å². The van der Waals surface area contributed by atoms with E-state index in [0.29, 0.717) is 17.1 Å². The summed E-state index contributed by atoms with van der Waals surface area (Å²) >= 11 is 13.1. The largest absolute Gasteiger partial charge is 0.377 e. The Morgan fingerprint density at radius 1 is 1.12 bits per heavy atom. The normalized spacial score (nSPS) is 24.6. The van der Waals surface area contributed by atoms with Crippen LogP contribution >= 0.6 is 23.2 Å². The van der Waals surface area contributed by atoms with Gasteiger partial charge in [0.15, 0.2) is 0 Å². The number of primary amides is 1. The zero-order valence-corrected chi connectivity index (χ0v) is 21.9. The maximum Gasteiger partial charge on any atom is 0.220 e. The number of nitrogens with one attached hydrogen (secondary N) is 1. The van der Waals surface area contributed by atoms with Gasteiger partial charge in [0.1, 0.15) is 0 Å². The van der Waals surface area contributed by atoms with Crippen molar-refractivity contribution in [3.05, 3.63) is 57.6 Å². The molecule has 1 aliphatic carbocycles. The first-order valence-corrected chi connectivity index (χ1v) is 13.1. The van der Waals surface area contributed by atoms with Crippen LogP contribution in [-0.2, 0) is 4.79 Å². The van der Waals surface area contributed by atoms with Crippen LogP contribution in [0.1, 0.15) is 56.7 Å². The summed E-state index contributed by atoms with van der Waals surface area (Å²) in [5.74, 6) is -0.111. The fourth-order valence-electron chi connectivity index (χ4n) is 5.55. The van der Waals surface area contributed by atoms with Gasteiger partial charge in [-0.2, -0.15) is 0 Å². The minimum absolute atomic E-state index is 0.0274. The van der Waals surface area contributed by atoms with Gasteiger partial charge < -0.3 is 16.0 Å². The summed E-state index contributed by atoms with van der Waals surface area (Å²) in [6.45, 7) is 9.33. The molecule has 1 aliphatic heterocycles. The van der Waals surface area contributed by atoms with Gasteiger partial charge in [-0.15, -0.1) is 0 Å².